The number of allylic oxidation sites excluding steroid dienone is 2. The van der Waals surface area contributed by atoms with E-state index in [1.54, 1.807) is 25.3 Å². The summed E-state index contributed by atoms with van der Waals surface area (Å²) < 4.78 is 58.7. The van der Waals surface area contributed by atoms with E-state index in [2.05, 4.69) is 4.98 Å². The second kappa shape index (κ2) is 8.08. The van der Waals surface area contributed by atoms with Crippen LogP contribution < -0.4 is 15.3 Å². The fourth-order valence-electron chi connectivity index (χ4n) is 3.96. The van der Waals surface area contributed by atoms with E-state index in [9.17, 15) is 27.7 Å². The van der Waals surface area contributed by atoms with Crippen molar-refractivity contribution in [1.29, 1.82) is 5.26 Å². The first-order valence-electron chi connectivity index (χ1n) is 10.6. The minimum Gasteiger partial charge on any atom is -0.454 e. The molecule has 178 valence electrons. The van der Waals surface area contributed by atoms with Crippen LogP contribution in [0.5, 0.6) is 11.5 Å². The molecule has 1 saturated carbocycles. The molecule has 2 N–H and O–H groups in total. The quantitative estimate of drug-likeness (QED) is 0.562. The molecular formula is C25H19F2N3O4S. The maximum atomic E-state index is 14.4. The molecule has 2 aromatic carbocycles. The maximum absolute atomic E-state index is 14.4. The zero-order chi connectivity index (χ0) is 25.0. The predicted octanol–water partition coefficient (Wildman–Crippen LogP) is 3.46. The van der Waals surface area contributed by atoms with Gasteiger partial charge in [-0.05, 0) is 67.8 Å². The van der Waals surface area contributed by atoms with Crippen molar-refractivity contribution in [2.24, 2.45) is 0 Å². The van der Waals surface area contributed by atoms with E-state index >= 15 is 0 Å². The summed E-state index contributed by atoms with van der Waals surface area (Å²) in [4.78, 5) is 2.93. The lowest BCUT2D eigenvalue weighted by molar-refractivity contribution is 0.0169. The van der Waals surface area contributed by atoms with Crippen LogP contribution in [0.15, 0.2) is 65.3 Å². The molecule has 3 aromatic rings. The molecule has 10 heteroatoms. The number of nitrogens with zero attached hydrogens (tertiary/aromatic N) is 2. The van der Waals surface area contributed by atoms with Crippen LogP contribution in [0.25, 0.3) is 11.8 Å². The second-order valence-corrected chi connectivity index (χ2v) is 10.7. The van der Waals surface area contributed by atoms with Crippen molar-refractivity contribution < 1.29 is 27.1 Å². The summed E-state index contributed by atoms with van der Waals surface area (Å²) in [6.45, 7) is 1.65. The van der Waals surface area contributed by atoms with Crippen LogP contribution in [0, 0.1) is 23.0 Å². The highest BCUT2D eigenvalue weighted by molar-refractivity contribution is 7.93. The van der Waals surface area contributed by atoms with E-state index in [0.29, 0.717) is 27.9 Å². The van der Waals surface area contributed by atoms with Crippen molar-refractivity contribution in [3.63, 3.8) is 0 Å². The SMILES string of the molecule is CC1=CC(c2cc(S(=O)(=O)C3(C#N)CC3)ccc2Oc2ccc(F)cc2F)=c2cc[nH]c2=CN1O. The molecule has 5 rings (SSSR count). The first-order valence-corrected chi connectivity index (χ1v) is 12.1. The first-order chi connectivity index (χ1) is 16.6. The largest absolute Gasteiger partial charge is 0.454 e. The lowest BCUT2D eigenvalue weighted by atomic mass is 10.0. The van der Waals surface area contributed by atoms with Gasteiger partial charge in [0.2, 0.25) is 0 Å². The molecule has 1 aliphatic heterocycles. The van der Waals surface area contributed by atoms with Gasteiger partial charge in [0.15, 0.2) is 26.2 Å². The molecule has 7 nitrogen and oxygen atoms in total. The van der Waals surface area contributed by atoms with Crippen LogP contribution in [0.4, 0.5) is 8.78 Å². The molecule has 0 radical (unpaired) electrons. The number of nitrogens with one attached hydrogen (secondary N) is 1. The van der Waals surface area contributed by atoms with Gasteiger partial charge in [-0.3, -0.25) is 5.21 Å². The number of hydrogen-bond donors (Lipinski definition) is 2. The van der Waals surface area contributed by atoms with Crippen LogP contribution in [-0.2, 0) is 9.84 Å². The summed E-state index contributed by atoms with van der Waals surface area (Å²) in [5, 5.41) is 21.9. The monoisotopic (exact) mass is 495 g/mol. The Morgan fingerprint density at radius 3 is 2.57 bits per heavy atom. The van der Waals surface area contributed by atoms with Gasteiger partial charge in [-0.2, -0.15) is 5.26 Å². The molecule has 0 saturated heterocycles. The van der Waals surface area contributed by atoms with E-state index in [-0.39, 0.29) is 34.8 Å². The molecular weight excluding hydrogens is 476 g/mol. The Kier molecular flexibility index (Phi) is 5.27. The number of halogens is 2. The molecule has 1 aliphatic carbocycles. The van der Waals surface area contributed by atoms with Gasteiger partial charge < -0.3 is 9.72 Å². The van der Waals surface area contributed by atoms with Crippen LogP contribution in [0.3, 0.4) is 0 Å². The third-order valence-corrected chi connectivity index (χ3v) is 8.53. The fourth-order valence-corrected chi connectivity index (χ4v) is 5.69. The number of nitriles is 1. The zero-order valence-corrected chi connectivity index (χ0v) is 19.2. The van der Waals surface area contributed by atoms with Crippen LogP contribution in [0.1, 0.15) is 25.3 Å². The molecule has 1 fully saturated rings. The summed E-state index contributed by atoms with van der Waals surface area (Å²) >= 11 is 0. The number of hydroxylamine groups is 2. The standard InChI is InChI=1S/C25H19F2N3O4S/c1-15-10-19(18-6-9-29-22(18)13-30(15)31)20-12-17(35(32,33)25(14-28)7-8-25)3-5-23(20)34-24-4-2-16(26)11-21(24)27/h2-6,9-13,29,31H,7-8H2,1H3. The second-order valence-electron chi connectivity index (χ2n) is 8.42. The zero-order valence-electron chi connectivity index (χ0n) is 18.4. The lowest BCUT2D eigenvalue weighted by Gasteiger charge is -2.16. The number of H-pyrrole nitrogens is 1. The predicted molar refractivity (Wildman–Crippen MR) is 122 cm³/mol. The number of benzene rings is 2. The summed E-state index contributed by atoms with van der Waals surface area (Å²) in [7, 11) is -3.99. The Balaban J connectivity index is 1.77. The first kappa shape index (κ1) is 22.8. The number of aromatic amines is 1. The van der Waals surface area contributed by atoms with E-state index in [1.807, 2.05) is 6.07 Å². The van der Waals surface area contributed by atoms with Gasteiger partial charge in [-0.15, -0.1) is 0 Å². The third kappa shape index (κ3) is 3.79. The topological polar surface area (TPSA) is 106 Å². The number of aromatic nitrogens is 1. The minimum absolute atomic E-state index is 0.0804. The van der Waals surface area contributed by atoms with Crippen molar-refractivity contribution in [2.45, 2.75) is 29.4 Å². The number of fused-ring (bicyclic) bond motifs is 1. The Hall–Kier alpha value is -3.94. The third-order valence-electron chi connectivity index (χ3n) is 6.12. The highest BCUT2D eigenvalue weighted by Gasteiger charge is 2.56. The normalized spacial score (nSPS) is 16.5. The van der Waals surface area contributed by atoms with Crippen LogP contribution in [-0.4, -0.2) is 28.4 Å². The van der Waals surface area contributed by atoms with E-state index in [1.165, 1.54) is 24.4 Å². The molecule has 0 spiro atoms. The van der Waals surface area contributed by atoms with Crippen LogP contribution in [0.2, 0.25) is 0 Å². The van der Waals surface area contributed by atoms with Crippen molar-refractivity contribution in [1.82, 2.24) is 10.0 Å². The van der Waals surface area contributed by atoms with Gasteiger partial charge in [-0.25, -0.2) is 22.3 Å². The molecule has 1 aromatic heterocycles. The average molecular weight is 496 g/mol. The fraction of sp³-hybridized carbons (Fsp3) is 0.160. The Morgan fingerprint density at radius 1 is 1.14 bits per heavy atom. The highest BCUT2D eigenvalue weighted by atomic mass is 32.2. The molecule has 0 atom stereocenters. The lowest BCUT2D eigenvalue weighted by Crippen LogP contribution is -2.26. The highest BCUT2D eigenvalue weighted by Crippen LogP contribution is 2.47. The molecule has 35 heavy (non-hydrogen) atoms. The number of ether oxygens (including phenoxy) is 1. The van der Waals surface area contributed by atoms with Gasteiger partial charge in [0.25, 0.3) is 0 Å². The van der Waals surface area contributed by atoms with Crippen molar-refractivity contribution in [2.75, 3.05) is 0 Å². The molecule has 2 aliphatic rings. The smallest absolute Gasteiger partial charge is 0.197 e. The van der Waals surface area contributed by atoms with Crippen molar-refractivity contribution in [3.8, 4) is 17.6 Å². The summed E-state index contributed by atoms with van der Waals surface area (Å²) in [5.41, 5.74) is 1.20. The van der Waals surface area contributed by atoms with Gasteiger partial charge in [0.05, 0.1) is 22.5 Å². The average Bonchev–Trinajstić information content (AvgIpc) is 3.54. The van der Waals surface area contributed by atoms with Gasteiger partial charge >= 0.3 is 0 Å². The van der Waals surface area contributed by atoms with Crippen molar-refractivity contribution in [3.05, 3.63) is 88.2 Å². The number of rotatable bonds is 5. The molecule has 0 amide bonds. The maximum Gasteiger partial charge on any atom is 0.197 e. The van der Waals surface area contributed by atoms with E-state index in [0.717, 1.165) is 17.2 Å². The molecule has 0 unspecified atom stereocenters. The van der Waals surface area contributed by atoms with Crippen LogP contribution >= 0.6 is 0 Å². The summed E-state index contributed by atoms with van der Waals surface area (Å²) in [5.74, 6) is -1.84. The Morgan fingerprint density at radius 2 is 1.89 bits per heavy atom. The molecule has 2 heterocycles. The number of hydrogen-bond acceptors (Lipinski definition) is 6. The Bertz CT molecular complexity index is 1670. The summed E-state index contributed by atoms with van der Waals surface area (Å²) in [6.07, 6.45) is 5.23. The van der Waals surface area contributed by atoms with Crippen molar-refractivity contribution >= 4 is 21.6 Å². The number of sulfone groups is 1. The minimum atomic E-state index is -3.99. The van der Waals surface area contributed by atoms with Gasteiger partial charge in [0, 0.05) is 28.7 Å². The van der Waals surface area contributed by atoms with Gasteiger partial charge in [-0.1, -0.05) is 0 Å². The summed E-state index contributed by atoms with van der Waals surface area (Å²) in [6, 6.07) is 10.6. The molecule has 0 bridgehead atoms. The van der Waals surface area contributed by atoms with Gasteiger partial charge in [0.1, 0.15) is 11.6 Å². The van der Waals surface area contributed by atoms with E-state index in [4.69, 9.17) is 4.74 Å². The van der Waals surface area contributed by atoms with E-state index < -0.39 is 26.2 Å². The Labute approximate surface area is 199 Å².